The summed E-state index contributed by atoms with van der Waals surface area (Å²) in [5.74, 6) is -0.164. The smallest absolute Gasteiger partial charge is 0.411 e. The number of nitrogens with zero attached hydrogens (tertiary/aromatic N) is 1. The van der Waals surface area contributed by atoms with Gasteiger partial charge in [0.2, 0.25) is 0 Å². The highest BCUT2D eigenvalue weighted by Gasteiger charge is 2.39. The van der Waals surface area contributed by atoms with Gasteiger partial charge in [0, 0.05) is 24.8 Å². The number of quaternary nitrogens is 1. The van der Waals surface area contributed by atoms with Crippen LogP contribution in [0.15, 0.2) is 54.6 Å². The molecule has 2 aromatic rings. The summed E-state index contributed by atoms with van der Waals surface area (Å²) in [4.78, 5) is 24.3. The van der Waals surface area contributed by atoms with Crippen LogP contribution in [-0.2, 0) is 14.3 Å². The van der Waals surface area contributed by atoms with Crippen LogP contribution in [0.5, 0.6) is 0 Å². The molecule has 1 N–H and O–H groups in total. The molecule has 3 rings (SSSR count). The number of esters is 1. The zero-order valence-corrected chi connectivity index (χ0v) is 17.8. The molecule has 1 aliphatic heterocycles. The van der Waals surface area contributed by atoms with Gasteiger partial charge in [0.05, 0.1) is 38.5 Å². The minimum Gasteiger partial charge on any atom is -0.462 e. The van der Waals surface area contributed by atoms with Gasteiger partial charge in [-0.25, -0.2) is 9.59 Å². The summed E-state index contributed by atoms with van der Waals surface area (Å²) >= 11 is 0. The molecule has 1 saturated heterocycles. The number of anilines is 1. The lowest BCUT2D eigenvalue weighted by Gasteiger charge is -2.35. The number of likely N-dealkylation sites (N-methyl/N-ethyl adjacent to an activating group) is 1. The Bertz CT molecular complexity index is 855. The molecular formula is C24H31N2O4+. The van der Waals surface area contributed by atoms with Crippen LogP contribution in [0.2, 0.25) is 0 Å². The molecule has 0 saturated carbocycles. The van der Waals surface area contributed by atoms with Gasteiger partial charge >= 0.3 is 12.1 Å². The molecule has 30 heavy (non-hydrogen) atoms. The van der Waals surface area contributed by atoms with Gasteiger partial charge in [-0.3, -0.25) is 5.32 Å². The molecule has 0 aliphatic carbocycles. The van der Waals surface area contributed by atoms with E-state index >= 15 is 0 Å². The zero-order valence-electron chi connectivity index (χ0n) is 17.8. The molecule has 0 bridgehead atoms. The number of benzene rings is 2. The fraction of sp³-hybridized carbons (Fsp3) is 0.417. The number of hydrogen-bond donors (Lipinski definition) is 1. The third-order valence-electron chi connectivity index (χ3n) is 5.82. The van der Waals surface area contributed by atoms with Crippen molar-refractivity contribution in [2.24, 2.45) is 0 Å². The number of para-hydroxylation sites is 1. The van der Waals surface area contributed by atoms with Gasteiger partial charge in [-0.15, -0.1) is 0 Å². The summed E-state index contributed by atoms with van der Waals surface area (Å²) in [5, 5.41) is 2.86. The fourth-order valence-electron chi connectivity index (χ4n) is 4.24. The van der Waals surface area contributed by atoms with Crippen molar-refractivity contribution in [1.29, 1.82) is 0 Å². The van der Waals surface area contributed by atoms with E-state index in [4.69, 9.17) is 9.47 Å². The minimum atomic E-state index is -0.462. The van der Waals surface area contributed by atoms with Crippen molar-refractivity contribution >= 4 is 17.7 Å². The summed E-state index contributed by atoms with van der Waals surface area (Å²) in [5.41, 5.74) is 2.70. The Morgan fingerprint density at radius 3 is 2.57 bits per heavy atom. The number of likely N-dealkylation sites (tertiary alicyclic amines) is 1. The first-order chi connectivity index (χ1) is 14.5. The van der Waals surface area contributed by atoms with Crippen LogP contribution in [0.25, 0.3) is 11.1 Å². The van der Waals surface area contributed by atoms with Crippen LogP contribution >= 0.6 is 0 Å². The number of carbonyl (C=O) groups excluding carboxylic acids is 2. The standard InChI is InChI=1S/C24H30N2O4/c1-3-29-23(27)18-26(2)16-9-12-20(26)15-17-30-24(28)25-22-14-8-7-13-21(22)19-10-5-4-6-11-19/h4-8,10-11,13-14,20H,3,9,12,15-18H2,1-2H3/p+1. The van der Waals surface area contributed by atoms with E-state index in [-0.39, 0.29) is 5.97 Å². The summed E-state index contributed by atoms with van der Waals surface area (Å²) in [6.07, 6.45) is 2.36. The van der Waals surface area contributed by atoms with Gasteiger partial charge in [0.25, 0.3) is 0 Å². The minimum absolute atomic E-state index is 0.164. The molecule has 0 spiro atoms. The van der Waals surface area contributed by atoms with Crippen LogP contribution in [0, 0.1) is 0 Å². The average Bonchev–Trinajstić information content (AvgIpc) is 3.09. The molecule has 2 aromatic carbocycles. The molecule has 0 aromatic heterocycles. The molecule has 2 unspecified atom stereocenters. The predicted molar refractivity (Wildman–Crippen MR) is 117 cm³/mol. The van der Waals surface area contributed by atoms with E-state index < -0.39 is 6.09 Å². The van der Waals surface area contributed by atoms with Gasteiger partial charge in [-0.2, -0.15) is 0 Å². The highest BCUT2D eigenvalue weighted by atomic mass is 16.5. The summed E-state index contributed by atoms with van der Waals surface area (Å²) in [6.45, 7) is 3.86. The van der Waals surface area contributed by atoms with Gasteiger partial charge in [-0.05, 0) is 18.6 Å². The first kappa shape index (κ1) is 21.8. The maximum Gasteiger partial charge on any atom is 0.411 e. The third-order valence-corrected chi connectivity index (χ3v) is 5.82. The lowest BCUT2D eigenvalue weighted by Crippen LogP contribution is -2.51. The van der Waals surface area contributed by atoms with Crippen LogP contribution in [0.3, 0.4) is 0 Å². The average molecular weight is 412 g/mol. The van der Waals surface area contributed by atoms with Crippen molar-refractivity contribution in [3.8, 4) is 11.1 Å². The lowest BCUT2D eigenvalue weighted by molar-refractivity contribution is -0.914. The largest absolute Gasteiger partial charge is 0.462 e. The van der Waals surface area contributed by atoms with E-state index in [1.54, 1.807) is 0 Å². The number of amides is 1. The quantitative estimate of drug-likeness (QED) is 0.514. The molecule has 1 amide bonds. The Balaban J connectivity index is 1.53. The second-order valence-corrected chi connectivity index (χ2v) is 7.92. The van der Waals surface area contributed by atoms with Crippen molar-refractivity contribution in [2.75, 3.05) is 38.7 Å². The molecule has 1 aliphatic rings. The summed E-state index contributed by atoms with van der Waals surface area (Å²) < 4.78 is 11.2. The van der Waals surface area contributed by atoms with Gasteiger partial charge < -0.3 is 14.0 Å². The molecule has 2 atom stereocenters. The van der Waals surface area contributed by atoms with Crippen LogP contribution in [0.4, 0.5) is 10.5 Å². The monoisotopic (exact) mass is 411 g/mol. The van der Waals surface area contributed by atoms with E-state index in [1.165, 1.54) is 0 Å². The second-order valence-electron chi connectivity index (χ2n) is 7.92. The first-order valence-corrected chi connectivity index (χ1v) is 10.6. The van der Waals surface area contributed by atoms with Crippen molar-refractivity contribution in [3.63, 3.8) is 0 Å². The number of hydrogen-bond acceptors (Lipinski definition) is 4. The Labute approximate surface area is 178 Å². The Morgan fingerprint density at radius 2 is 1.80 bits per heavy atom. The van der Waals surface area contributed by atoms with E-state index in [0.29, 0.717) is 30.3 Å². The second kappa shape index (κ2) is 10.3. The van der Waals surface area contributed by atoms with E-state index in [9.17, 15) is 9.59 Å². The van der Waals surface area contributed by atoms with E-state index in [1.807, 2.05) is 61.5 Å². The van der Waals surface area contributed by atoms with Gasteiger partial charge in [0.1, 0.15) is 0 Å². The van der Waals surface area contributed by atoms with Crippen LogP contribution in [-0.4, -0.2) is 55.9 Å². The Kier molecular flexibility index (Phi) is 7.46. The molecular weight excluding hydrogens is 380 g/mol. The number of nitrogens with one attached hydrogen (secondary N) is 1. The first-order valence-electron chi connectivity index (χ1n) is 10.6. The van der Waals surface area contributed by atoms with Crippen molar-refractivity contribution < 1.29 is 23.5 Å². The number of rotatable bonds is 8. The van der Waals surface area contributed by atoms with Crippen LogP contribution in [0.1, 0.15) is 26.2 Å². The van der Waals surface area contributed by atoms with E-state index in [0.717, 1.165) is 42.6 Å². The molecule has 6 nitrogen and oxygen atoms in total. The molecule has 160 valence electrons. The summed E-state index contributed by atoms with van der Waals surface area (Å²) in [6, 6.07) is 17.9. The molecule has 1 fully saturated rings. The summed E-state index contributed by atoms with van der Waals surface area (Å²) in [7, 11) is 2.09. The molecule has 0 radical (unpaired) electrons. The maximum atomic E-state index is 12.4. The Hall–Kier alpha value is -2.86. The Morgan fingerprint density at radius 1 is 1.07 bits per heavy atom. The molecule has 1 heterocycles. The number of ether oxygens (including phenoxy) is 2. The van der Waals surface area contributed by atoms with Crippen LogP contribution < -0.4 is 5.32 Å². The SMILES string of the molecule is CCOC(=O)C[N+]1(C)CCCC1CCOC(=O)Nc1ccccc1-c1ccccc1. The highest BCUT2D eigenvalue weighted by Crippen LogP contribution is 2.29. The normalized spacial score (nSPS) is 20.5. The number of carbonyl (C=O) groups is 2. The van der Waals surface area contributed by atoms with Crippen molar-refractivity contribution in [1.82, 2.24) is 0 Å². The van der Waals surface area contributed by atoms with E-state index in [2.05, 4.69) is 12.4 Å². The topological polar surface area (TPSA) is 64.6 Å². The predicted octanol–water partition coefficient (Wildman–Crippen LogP) is 4.46. The van der Waals surface area contributed by atoms with Crippen molar-refractivity contribution in [2.45, 2.75) is 32.2 Å². The van der Waals surface area contributed by atoms with Gasteiger partial charge in [0.15, 0.2) is 6.54 Å². The highest BCUT2D eigenvalue weighted by molar-refractivity contribution is 5.91. The van der Waals surface area contributed by atoms with Crippen molar-refractivity contribution in [3.05, 3.63) is 54.6 Å². The fourth-order valence-corrected chi connectivity index (χ4v) is 4.24. The lowest BCUT2D eigenvalue weighted by atomic mass is 10.0. The third kappa shape index (κ3) is 5.60. The maximum absolute atomic E-state index is 12.4. The molecule has 6 heteroatoms. The zero-order chi connectivity index (χ0) is 21.4. The van der Waals surface area contributed by atoms with Gasteiger partial charge in [-0.1, -0.05) is 48.5 Å².